The predicted octanol–water partition coefficient (Wildman–Crippen LogP) is 3.34. The Bertz CT molecular complexity index is 942. The molecule has 0 aliphatic heterocycles. The van der Waals surface area contributed by atoms with Gasteiger partial charge in [0.05, 0.1) is 6.61 Å². The summed E-state index contributed by atoms with van der Waals surface area (Å²) in [5, 5.41) is 0. The number of para-hydroxylation sites is 1. The third kappa shape index (κ3) is 5.88. The van der Waals surface area contributed by atoms with Crippen LogP contribution in [0.5, 0.6) is 5.75 Å². The van der Waals surface area contributed by atoms with E-state index >= 15 is 0 Å². The molecule has 0 bridgehead atoms. The molecule has 29 heavy (non-hydrogen) atoms. The number of aryl methyl sites for hydroxylation is 1. The minimum absolute atomic E-state index is 0.0550. The van der Waals surface area contributed by atoms with Gasteiger partial charge >= 0.3 is 22.4 Å². The van der Waals surface area contributed by atoms with Crippen LogP contribution in [0.3, 0.4) is 0 Å². The molecule has 0 aliphatic rings. The van der Waals surface area contributed by atoms with Crippen molar-refractivity contribution in [2.75, 3.05) is 6.61 Å². The first-order valence-corrected chi connectivity index (χ1v) is 12.1. The van der Waals surface area contributed by atoms with Crippen LogP contribution in [0.25, 0.3) is 0 Å². The quantitative estimate of drug-likeness (QED) is 0.355. The molecule has 0 spiro atoms. The van der Waals surface area contributed by atoms with Crippen molar-refractivity contribution in [3.05, 3.63) is 65.7 Å². The van der Waals surface area contributed by atoms with Crippen LogP contribution in [0.1, 0.15) is 30.9 Å². The molecule has 0 saturated carbocycles. The molecule has 160 valence electrons. The molecule has 0 amide bonds. The van der Waals surface area contributed by atoms with E-state index in [0.717, 1.165) is 5.56 Å². The van der Waals surface area contributed by atoms with E-state index in [4.69, 9.17) is 9.47 Å². The summed E-state index contributed by atoms with van der Waals surface area (Å²) in [6.07, 6.45) is -0.196. The molecule has 0 saturated heterocycles. The SMILES string of the molecule is CCOCc1ccccc1OC(CCCc1ccccc1)(P(=O)(O)O)S(=O)(=O)O. The molecule has 10 heteroatoms. The lowest BCUT2D eigenvalue weighted by Gasteiger charge is -2.32. The first-order valence-electron chi connectivity index (χ1n) is 9.02. The highest BCUT2D eigenvalue weighted by Crippen LogP contribution is 2.57. The zero-order valence-electron chi connectivity index (χ0n) is 16.0. The molecule has 0 aromatic heterocycles. The second-order valence-corrected chi connectivity index (χ2v) is 10.1. The predicted molar refractivity (Wildman–Crippen MR) is 108 cm³/mol. The summed E-state index contributed by atoms with van der Waals surface area (Å²) in [5.41, 5.74) is 1.26. The second kappa shape index (κ2) is 9.84. The van der Waals surface area contributed by atoms with Gasteiger partial charge in [-0.2, -0.15) is 8.42 Å². The van der Waals surface area contributed by atoms with E-state index < -0.39 is 28.8 Å². The van der Waals surface area contributed by atoms with Crippen molar-refractivity contribution in [2.24, 2.45) is 0 Å². The normalized spacial score (nSPS) is 14.3. The first-order chi connectivity index (χ1) is 13.6. The van der Waals surface area contributed by atoms with E-state index in [1.807, 2.05) is 18.2 Å². The number of benzene rings is 2. The lowest BCUT2D eigenvalue weighted by Crippen LogP contribution is -2.44. The summed E-state index contributed by atoms with van der Waals surface area (Å²) in [6, 6.07) is 15.2. The van der Waals surface area contributed by atoms with E-state index in [2.05, 4.69) is 0 Å². The number of ether oxygens (including phenoxy) is 2. The topological polar surface area (TPSA) is 130 Å². The molecule has 3 N–H and O–H groups in total. The van der Waals surface area contributed by atoms with Gasteiger partial charge in [0.2, 0.25) is 0 Å². The average Bonchev–Trinajstić information content (AvgIpc) is 2.65. The molecule has 0 radical (unpaired) electrons. The highest BCUT2D eigenvalue weighted by Gasteiger charge is 2.60. The van der Waals surface area contributed by atoms with Gasteiger partial charge in [-0.25, -0.2) is 0 Å². The fourth-order valence-corrected chi connectivity index (χ4v) is 5.32. The monoisotopic (exact) mass is 444 g/mol. The Morgan fingerprint density at radius 1 is 1.03 bits per heavy atom. The molecule has 1 atom stereocenters. The zero-order chi connectivity index (χ0) is 21.5. The van der Waals surface area contributed by atoms with Gasteiger partial charge in [-0.05, 0) is 31.4 Å². The summed E-state index contributed by atoms with van der Waals surface area (Å²) in [6.45, 7) is 2.21. The lowest BCUT2D eigenvalue weighted by atomic mass is 10.1. The van der Waals surface area contributed by atoms with E-state index in [1.54, 1.807) is 31.2 Å². The highest BCUT2D eigenvalue weighted by molar-refractivity contribution is 7.94. The number of hydrogen-bond donors (Lipinski definition) is 3. The Kier molecular flexibility index (Phi) is 7.99. The third-order valence-corrected chi connectivity index (χ3v) is 8.05. The summed E-state index contributed by atoms with van der Waals surface area (Å²) in [5.74, 6) is -0.0818. The molecule has 1 unspecified atom stereocenters. The number of rotatable bonds is 11. The maximum Gasteiger partial charge on any atom is 0.387 e. The Labute approximate surface area is 170 Å². The van der Waals surface area contributed by atoms with Crippen molar-refractivity contribution in [3.63, 3.8) is 0 Å². The van der Waals surface area contributed by atoms with E-state index in [-0.39, 0.29) is 18.8 Å². The second-order valence-electron chi connectivity index (χ2n) is 6.42. The molecule has 2 rings (SSSR count). The fraction of sp³-hybridized carbons (Fsp3) is 0.368. The van der Waals surface area contributed by atoms with E-state index in [1.165, 1.54) is 12.1 Å². The van der Waals surface area contributed by atoms with E-state index in [0.29, 0.717) is 18.6 Å². The standard InChI is InChI=1S/C19H25O8PS/c1-2-26-15-17-12-6-7-13-18(17)27-19(28(20,21)22,29(23,24)25)14-8-11-16-9-4-3-5-10-16/h3-7,9-10,12-13H,2,8,11,14-15H2,1H3,(H2,20,21,22)(H,23,24,25). The van der Waals surface area contributed by atoms with Gasteiger partial charge in [-0.15, -0.1) is 0 Å². The van der Waals surface area contributed by atoms with Gasteiger partial charge < -0.3 is 19.3 Å². The van der Waals surface area contributed by atoms with Gasteiger partial charge in [-0.3, -0.25) is 9.12 Å². The minimum atomic E-state index is -5.46. The van der Waals surface area contributed by atoms with Crippen LogP contribution in [0, 0.1) is 0 Å². The summed E-state index contributed by atoms with van der Waals surface area (Å²) < 4.78 is 54.0. The maximum atomic E-state index is 12.3. The molecule has 2 aromatic carbocycles. The lowest BCUT2D eigenvalue weighted by molar-refractivity contribution is 0.123. The average molecular weight is 444 g/mol. The van der Waals surface area contributed by atoms with Crippen molar-refractivity contribution < 1.29 is 36.8 Å². The molecule has 2 aromatic rings. The molecule has 0 aliphatic carbocycles. The van der Waals surface area contributed by atoms with Crippen LogP contribution in [0.4, 0.5) is 0 Å². The molecular formula is C19H25O8PS. The van der Waals surface area contributed by atoms with Gasteiger partial charge in [0.25, 0.3) is 0 Å². The summed E-state index contributed by atoms with van der Waals surface area (Å²) in [7, 11) is -10.8. The Morgan fingerprint density at radius 3 is 2.24 bits per heavy atom. The van der Waals surface area contributed by atoms with Crippen LogP contribution in [-0.4, -0.2) is 34.0 Å². The minimum Gasteiger partial charge on any atom is -0.457 e. The maximum absolute atomic E-state index is 12.3. The zero-order valence-corrected chi connectivity index (χ0v) is 17.7. The van der Waals surface area contributed by atoms with Crippen molar-refractivity contribution in [2.45, 2.75) is 37.5 Å². The summed E-state index contributed by atoms with van der Waals surface area (Å²) >= 11 is 0. The summed E-state index contributed by atoms with van der Waals surface area (Å²) in [4.78, 5) is 19.8. The van der Waals surface area contributed by atoms with Crippen LogP contribution < -0.4 is 4.74 Å². The van der Waals surface area contributed by atoms with Gasteiger partial charge in [-0.1, -0.05) is 48.5 Å². The molecule has 0 heterocycles. The van der Waals surface area contributed by atoms with Crippen LogP contribution in [-0.2, 0) is 32.4 Å². The van der Waals surface area contributed by atoms with Crippen molar-refractivity contribution >= 4 is 17.7 Å². The van der Waals surface area contributed by atoms with Crippen molar-refractivity contribution in [1.82, 2.24) is 0 Å². The largest absolute Gasteiger partial charge is 0.457 e. The van der Waals surface area contributed by atoms with Crippen LogP contribution in [0.15, 0.2) is 54.6 Å². The highest BCUT2D eigenvalue weighted by atomic mass is 32.2. The van der Waals surface area contributed by atoms with E-state index in [9.17, 15) is 27.3 Å². The Morgan fingerprint density at radius 2 is 1.66 bits per heavy atom. The van der Waals surface area contributed by atoms with Crippen LogP contribution >= 0.6 is 7.60 Å². The Balaban J connectivity index is 2.39. The van der Waals surface area contributed by atoms with Crippen molar-refractivity contribution in [3.8, 4) is 5.75 Å². The van der Waals surface area contributed by atoms with Gasteiger partial charge in [0.1, 0.15) is 5.75 Å². The smallest absolute Gasteiger partial charge is 0.387 e. The fourth-order valence-electron chi connectivity index (χ4n) is 2.86. The van der Waals surface area contributed by atoms with Crippen LogP contribution in [0.2, 0.25) is 0 Å². The number of hydrogen-bond acceptors (Lipinski definition) is 5. The van der Waals surface area contributed by atoms with Crippen molar-refractivity contribution in [1.29, 1.82) is 0 Å². The van der Waals surface area contributed by atoms with Gasteiger partial charge in [0, 0.05) is 18.6 Å². The Hall–Kier alpha value is -1.74. The molecule has 8 nitrogen and oxygen atoms in total. The third-order valence-electron chi connectivity index (χ3n) is 4.35. The first kappa shape index (κ1) is 23.5. The molecular weight excluding hydrogens is 419 g/mol. The molecule has 0 fully saturated rings. The van der Waals surface area contributed by atoms with Gasteiger partial charge in [0.15, 0.2) is 0 Å².